The Balaban J connectivity index is 2.87. The summed E-state index contributed by atoms with van der Waals surface area (Å²) in [6.07, 6.45) is 0. The molecule has 4 heteroatoms. The molecule has 1 aromatic rings. The summed E-state index contributed by atoms with van der Waals surface area (Å²) in [5.74, 6) is -0.0628. The smallest absolute Gasteiger partial charge is 0.333 e. The minimum atomic E-state index is -1.24. The average Bonchev–Trinajstić information content (AvgIpc) is 2.39. The summed E-state index contributed by atoms with van der Waals surface area (Å²) in [6, 6.07) is 9.20. The maximum Gasteiger partial charge on any atom is 0.333 e. The molecule has 0 amide bonds. The molecular weight excluding hydrogens is 242 g/mol. The van der Waals surface area contributed by atoms with Gasteiger partial charge < -0.3 is 15.2 Å². The number of hydrogen-bond donors (Lipinski definition) is 1. The van der Waals surface area contributed by atoms with Gasteiger partial charge in [-0.1, -0.05) is 44.2 Å². The lowest BCUT2D eigenvalue weighted by Crippen LogP contribution is -2.50. The van der Waals surface area contributed by atoms with E-state index in [9.17, 15) is 4.79 Å². The van der Waals surface area contributed by atoms with Crippen LogP contribution in [0, 0.1) is 5.92 Å². The molecule has 0 fully saturated rings. The van der Waals surface area contributed by atoms with Crippen molar-refractivity contribution in [3.8, 4) is 0 Å². The van der Waals surface area contributed by atoms with E-state index in [1.54, 1.807) is 6.92 Å². The van der Waals surface area contributed by atoms with Gasteiger partial charge in [-0.15, -0.1) is 0 Å². The van der Waals surface area contributed by atoms with Crippen LogP contribution in [0.15, 0.2) is 30.3 Å². The third-order valence-electron chi connectivity index (χ3n) is 2.71. The van der Waals surface area contributed by atoms with Crippen molar-refractivity contribution in [3.05, 3.63) is 35.9 Å². The molecule has 0 spiro atoms. The molecule has 1 aromatic carbocycles. The zero-order valence-electron chi connectivity index (χ0n) is 11.9. The Morgan fingerprint density at radius 3 is 2.47 bits per heavy atom. The first-order chi connectivity index (χ1) is 9.00. The van der Waals surface area contributed by atoms with Gasteiger partial charge in [-0.2, -0.15) is 0 Å². The van der Waals surface area contributed by atoms with Gasteiger partial charge in [-0.05, 0) is 18.4 Å². The van der Waals surface area contributed by atoms with E-state index < -0.39 is 11.5 Å². The van der Waals surface area contributed by atoms with E-state index >= 15 is 0 Å². The van der Waals surface area contributed by atoms with Gasteiger partial charge in [0.05, 0.1) is 13.2 Å². The molecule has 1 rings (SSSR count). The van der Waals surface area contributed by atoms with Crippen molar-refractivity contribution >= 4 is 5.97 Å². The van der Waals surface area contributed by atoms with Crippen LogP contribution < -0.4 is 5.73 Å². The van der Waals surface area contributed by atoms with Gasteiger partial charge in [0.25, 0.3) is 0 Å². The van der Waals surface area contributed by atoms with Crippen LogP contribution in [0.25, 0.3) is 0 Å². The predicted molar refractivity (Wildman–Crippen MR) is 74.6 cm³/mol. The third kappa shape index (κ3) is 4.33. The van der Waals surface area contributed by atoms with Crippen molar-refractivity contribution in [2.75, 3.05) is 19.8 Å². The summed E-state index contributed by atoms with van der Waals surface area (Å²) < 4.78 is 10.6. The van der Waals surface area contributed by atoms with Crippen LogP contribution in [0.5, 0.6) is 0 Å². The first kappa shape index (κ1) is 15.7. The number of ether oxygens (including phenoxy) is 2. The Labute approximate surface area is 114 Å². The average molecular weight is 265 g/mol. The molecule has 0 heterocycles. The summed E-state index contributed by atoms with van der Waals surface area (Å²) in [6.45, 7) is 6.84. The van der Waals surface area contributed by atoms with E-state index in [0.29, 0.717) is 24.7 Å². The summed E-state index contributed by atoms with van der Waals surface area (Å²) in [7, 11) is 0. The summed E-state index contributed by atoms with van der Waals surface area (Å²) >= 11 is 0. The molecule has 106 valence electrons. The molecule has 0 aromatic heterocycles. The molecule has 0 saturated heterocycles. The zero-order chi connectivity index (χ0) is 14.3. The summed E-state index contributed by atoms with van der Waals surface area (Å²) in [5, 5.41) is 0. The molecule has 1 unspecified atom stereocenters. The Hall–Kier alpha value is -1.39. The molecule has 0 aliphatic carbocycles. The molecule has 19 heavy (non-hydrogen) atoms. The fourth-order valence-corrected chi connectivity index (χ4v) is 1.71. The number of carbonyl (C=O) groups is 1. The molecule has 4 nitrogen and oxygen atoms in total. The second-order valence-corrected chi connectivity index (χ2v) is 4.97. The van der Waals surface area contributed by atoms with Crippen LogP contribution >= 0.6 is 0 Å². The largest absolute Gasteiger partial charge is 0.464 e. The third-order valence-corrected chi connectivity index (χ3v) is 2.71. The van der Waals surface area contributed by atoms with E-state index in [2.05, 4.69) is 0 Å². The first-order valence-electron chi connectivity index (χ1n) is 6.60. The van der Waals surface area contributed by atoms with E-state index in [0.717, 1.165) is 0 Å². The lowest BCUT2D eigenvalue weighted by Gasteiger charge is -2.27. The van der Waals surface area contributed by atoms with Crippen LogP contribution in [0.3, 0.4) is 0 Å². The van der Waals surface area contributed by atoms with Crippen molar-refractivity contribution in [3.63, 3.8) is 0 Å². The molecule has 0 saturated carbocycles. The fraction of sp³-hybridized carbons (Fsp3) is 0.533. The molecule has 2 N–H and O–H groups in total. The Bertz CT molecular complexity index is 392. The zero-order valence-corrected chi connectivity index (χ0v) is 11.9. The highest BCUT2D eigenvalue weighted by atomic mass is 16.5. The highest BCUT2D eigenvalue weighted by molar-refractivity contribution is 5.82. The highest BCUT2D eigenvalue weighted by Crippen LogP contribution is 2.21. The van der Waals surface area contributed by atoms with Gasteiger partial charge in [0.2, 0.25) is 0 Å². The van der Waals surface area contributed by atoms with E-state index in [1.807, 2.05) is 44.2 Å². The molecule has 0 radical (unpaired) electrons. The number of benzene rings is 1. The van der Waals surface area contributed by atoms with Gasteiger partial charge in [0.15, 0.2) is 5.54 Å². The van der Waals surface area contributed by atoms with Crippen LogP contribution in [0.4, 0.5) is 0 Å². The fourth-order valence-electron chi connectivity index (χ4n) is 1.71. The first-order valence-corrected chi connectivity index (χ1v) is 6.60. The predicted octanol–water partition coefficient (Wildman–Crippen LogP) is 2.08. The van der Waals surface area contributed by atoms with Crippen LogP contribution in [0.1, 0.15) is 26.3 Å². The quantitative estimate of drug-likeness (QED) is 0.767. The number of nitrogens with two attached hydrogens (primary N) is 1. The van der Waals surface area contributed by atoms with E-state index in [1.165, 1.54) is 0 Å². The number of hydrogen-bond acceptors (Lipinski definition) is 4. The second kappa shape index (κ2) is 7.26. The van der Waals surface area contributed by atoms with Crippen molar-refractivity contribution in [2.45, 2.75) is 26.3 Å². The standard InChI is InChI=1S/C15H23NO3/c1-4-19-14(17)15(16,11-18-10-12(2)3)13-8-6-5-7-9-13/h5-9,12H,4,10-11,16H2,1-3H3. The van der Waals surface area contributed by atoms with Gasteiger partial charge in [0.1, 0.15) is 0 Å². The molecule has 0 aliphatic heterocycles. The lowest BCUT2D eigenvalue weighted by molar-refractivity contribution is -0.153. The normalized spacial score (nSPS) is 14.2. The van der Waals surface area contributed by atoms with E-state index in [4.69, 9.17) is 15.2 Å². The van der Waals surface area contributed by atoms with Crippen LogP contribution in [-0.4, -0.2) is 25.8 Å². The summed E-state index contributed by atoms with van der Waals surface area (Å²) in [5.41, 5.74) is 5.70. The summed E-state index contributed by atoms with van der Waals surface area (Å²) in [4.78, 5) is 12.1. The minimum Gasteiger partial charge on any atom is -0.464 e. The van der Waals surface area contributed by atoms with Crippen molar-refractivity contribution in [2.24, 2.45) is 11.7 Å². The monoisotopic (exact) mass is 265 g/mol. The van der Waals surface area contributed by atoms with Crippen molar-refractivity contribution in [1.82, 2.24) is 0 Å². The van der Waals surface area contributed by atoms with Gasteiger partial charge >= 0.3 is 5.97 Å². The van der Waals surface area contributed by atoms with Gasteiger partial charge in [-0.25, -0.2) is 4.79 Å². The Kier molecular flexibility index (Phi) is 5.99. The minimum absolute atomic E-state index is 0.119. The molecular formula is C15H23NO3. The van der Waals surface area contributed by atoms with Gasteiger partial charge in [0, 0.05) is 6.61 Å². The second-order valence-electron chi connectivity index (χ2n) is 4.97. The van der Waals surface area contributed by atoms with Crippen molar-refractivity contribution < 1.29 is 14.3 Å². The number of carbonyl (C=O) groups excluding carboxylic acids is 1. The topological polar surface area (TPSA) is 61.5 Å². The number of rotatable bonds is 7. The molecule has 1 atom stereocenters. The lowest BCUT2D eigenvalue weighted by atomic mass is 9.92. The van der Waals surface area contributed by atoms with Crippen LogP contribution in [-0.2, 0) is 19.8 Å². The number of esters is 1. The molecule has 0 bridgehead atoms. The van der Waals surface area contributed by atoms with E-state index in [-0.39, 0.29) is 6.61 Å². The van der Waals surface area contributed by atoms with Gasteiger partial charge in [-0.3, -0.25) is 0 Å². The maximum atomic E-state index is 12.1. The highest BCUT2D eigenvalue weighted by Gasteiger charge is 2.38. The SMILES string of the molecule is CCOC(=O)C(N)(COCC(C)C)c1ccccc1. The Morgan fingerprint density at radius 1 is 1.32 bits per heavy atom. The van der Waals surface area contributed by atoms with Crippen LogP contribution in [0.2, 0.25) is 0 Å². The van der Waals surface area contributed by atoms with Crippen molar-refractivity contribution in [1.29, 1.82) is 0 Å². The Morgan fingerprint density at radius 2 is 1.95 bits per heavy atom. The maximum absolute atomic E-state index is 12.1. The molecule has 0 aliphatic rings.